The number of aromatic nitrogens is 3. The quantitative estimate of drug-likeness (QED) is 0.484. The number of rotatable bonds is 7. The van der Waals surface area contributed by atoms with E-state index in [1.807, 2.05) is 35.0 Å². The van der Waals surface area contributed by atoms with Crippen LogP contribution in [-0.4, -0.2) is 32.8 Å². The lowest BCUT2D eigenvalue weighted by Crippen LogP contribution is -2.28. The predicted octanol–water partition coefficient (Wildman–Crippen LogP) is 3.61. The Balaban J connectivity index is 1.45. The van der Waals surface area contributed by atoms with Gasteiger partial charge in [-0.2, -0.15) is 0 Å². The van der Waals surface area contributed by atoms with E-state index in [0.29, 0.717) is 29.8 Å². The lowest BCUT2D eigenvalue weighted by Gasteiger charge is -2.11. The standard InChI is InChI=1S/C24H20N4O2/c29-22(18-8-2-1-3-9-18)19-10-4-5-11-20(19)24(30)27-15-17-28-16-14-26-23(28)21-12-6-7-13-25-21/h1-14,16H,15,17H2,(H,27,30). The van der Waals surface area contributed by atoms with Crippen LogP contribution in [0.2, 0.25) is 0 Å². The van der Waals surface area contributed by atoms with E-state index in [1.54, 1.807) is 60.9 Å². The average Bonchev–Trinajstić information content (AvgIpc) is 3.28. The Bertz CT molecular complexity index is 1150. The Morgan fingerprint density at radius 2 is 1.53 bits per heavy atom. The van der Waals surface area contributed by atoms with Gasteiger partial charge in [0, 0.05) is 42.8 Å². The Kier molecular flexibility index (Phi) is 5.75. The van der Waals surface area contributed by atoms with Crippen molar-refractivity contribution in [3.8, 4) is 11.5 Å². The average molecular weight is 396 g/mol. The molecule has 30 heavy (non-hydrogen) atoms. The van der Waals surface area contributed by atoms with Gasteiger partial charge in [-0.05, 0) is 18.2 Å². The normalized spacial score (nSPS) is 10.5. The first kappa shape index (κ1) is 19.3. The highest BCUT2D eigenvalue weighted by atomic mass is 16.2. The third-order valence-electron chi connectivity index (χ3n) is 4.70. The summed E-state index contributed by atoms with van der Waals surface area (Å²) in [7, 11) is 0. The number of ketones is 1. The molecule has 0 aliphatic rings. The van der Waals surface area contributed by atoms with E-state index in [4.69, 9.17) is 0 Å². The largest absolute Gasteiger partial charge is 0.350 e. The zero-order chi connectivity index (χ0) is 20.8. The highest BCUT2D eigenvalue weighted by Gasteiger charge is 2.17. The lowest BCUT2D eigenvalue weighted by molar-refractivity contribution is 0.0941. The number of nitrogens with zero attached hydrogens (tertiary/aromatic N) is 3. The molecule has 0 saturated heterocycles. The van der Waals surface area contributed by atoms with Crippen LogP contribution in [-0.2, 0) is 6.54 Å². The predicted molar refractivity (Wildman–Crippen MR) is 114 cm³/mol. The molecule has 2 heterocycles. The van der Waals surface area contributed by atoms with E-state index in [2.05, 4.69) is 15.3 Å². The van der Waals surface area contributed by atoms with Gasteiger partial charge >= 0.3 is 0 Å². The first-order valence-corrected chi connectivity index (χ1v) is 9.63. The van der Waals surface area contributed by atoms with Crippen molar-refractivity contribution in [3.63, 3.8) is 0 Å². The fourth-order valence-electron chi connectivity index (χ4n) is 3.23. The fourth-order valence-corrected chi connectivity index (χ4v) is 3.23. The molecular weight excluding hydrogens is 376 g/mol. The molecule has 0 spiro atoms. The summed E-state index contributed by atoms with van der Waals surface area (Å²) in [5.74, 6) is 0.285. The van der Waals surface area contributed by atoms with Gasteiger partial charge in [-0.25, -0.2) is 4.98 Å². The molecule has 4 aromatic rings. The summed E-state index contributed by atoms with van der Waals surface area (Å²) in [5, 5.41) is 2.90. The van der Waals surface area contributed by atoms with Gasteiger partial charge < -0.3 is 9.88 Å². The van der Waals surface area contributed by atoms with E-state index in [-0.39, 0.29) is 11.7 Å². The first-order valence-electron chi connectivity index (χ1n) is 9.63. The molecule has 4 rings (SSSR count). The number of hydrogen-bond donors (Lipinski definition) is 1. The molecule has 1 amide bonds. The number of imidazole rings is 1. The van der Waals surface area contributed by atoms with E-state index in [0.717, 1.165) is 11.5 Å². The second kappa shape index (κ2) is 8.96. The van der Waals surface area contributed by atoms with Gasteiger partial charge in [-0.3, -0.25) is 14.6 Å². The van der Waals surface area contributed by atoms with Gasteiger partial charge in [0.15, 0.2) is 11.6 Å². The molecule has 2 aromatic carbocycles. The smallest absolute Gasteiger partial charge is 0.252 e. The van der Waals surface area contributed by atoms with E-state index >= 15 is 0 Å². The van der Waals surface area contributed by atoms with Crippen molar-refractivity contribution in [2.75, 3.05) is 6.54 Å². The number of amides is 1. The van der Waals surface area contributed by atoms with Crippen molar-refractivity contribution in [1.82, 2.24) is 19.9 Å². The van der Waals surface area contributed by atoms with E-state index in [1.165, 1.54) is 0 Å². The minimum Gasteiger partial charge on any atom is -0.350 e. The molecule has 6 nitrogen and oxygen atoms in total. The van der Waals surface area contributed by atoms with Crippen molar-refractivity contribution in [1.29, 1.82) is 0 Å². The highest BCUT2D eigenvalue weighted by molar-refractivity contribution is 6.15. The van der Waals surface area contributed by atoms with E-state index in [9.17, 15) is 9.59 Å². The Morgan fingerprint density at radius 1 is 0.800 bits per heavy atom. The first-order chi connectivity index (χ1) is 14.7. The molecular formula is C24H20N4O2. The molecule has 0 aliphatic carbocycles. The van der Waals surface area contributed by atoms with Crippen molar-refractivity contribution in [2.24, 2.45) is 0 Å². The van der Waals surface area contributed by atoms with Crippen LogP contribution in [0.15, 0.2) is 91.4 Å². The van der Waals surface area contributed by atoms with Gasteiger partial charge in [0.25, 0.3) is 5.91 Å². The van der Waals surface area contributed by atoms with Crippen molar-refractivity contribution < 1.29 is 9.59 Å². The number of hydrogen-bond acceptors (Lipinski definition) is 4. The Hall–Kier alpha value is -4.06. The third-order valence-corrected chi connectivity index (χ3v) is 4.70. The topological polar surface area (TPSA) is 76.9 Å². The van der Waals surface area contributed by atoms with Crippen LogP contribution in [0.1, 0.15) is 26.3 Å². The van der Waals surface area contributed by atoms with Crippen LogP contribution in [0.5, 0.6) is 0 Å². The molecule has 0 fully saturated rings. The Morgan fingerprint density at radius 3 is 2.30 bits per heavy atom. The minimum atomic E-state index is -0.283. The SMILES string of the molecule is O=C(NCCn1ccnc1-c1ccccn1)c1ccccc1C(=O)c1ccccc1. The molecule has 0 unspecified atom stereocenters. The summed E-state index contributed by atoms with van der Waals surface area (Å²) in [5.41, 5.74) is 2.07. The number of benzene rings is 2. The molecule has 148 valence electrons. The highest BCUT2D eigenvalue weighted by Crippen LogP contribution is 2.16. The number of pyridine rings is 1. The number of carbonyl (C=O) groups is 2. The van der Waals surface area contributed by atoms with Crippen LogP contribution in [0.3, 0.4) is 0 Å². The maximum Gasteiger partial charge on any atom is 0.252 e. The fraction of sp³-hybridized carbons (Fsp3) is 0.0833. The maximum atomic E-state index is 12.8. The summed E-state index contributed by atoms with van der Waals surface area (Å²) in [6, 6.07) is 21.5. The minimum absolute atomic E-state index is 0.173. The molecule has 6 heteroatoms. The molecule has 0 atom stereocenters. The third kappa shape index (κ3) is 4.17. The second-order valence-corrected chi connectivity index (χ2v) is 6.66. The summed E-state index contributed by atoms with van der Waals surface area (Å²) in [4.78, 5) is 34.3. The molecule has 0 saturated carbocycles. The molecule has 0 radical (unpaired) electrons. The maximum absolute atomic E-state index is 12.8. The lowest BCUT2D eigenvalue weighted by atomic mass is 9.98. The molecule has 0 bridgehead atoms. The number of nitrogens with one attached hydrogen (secondary N) is 1. The van der Waals surface area contributed by atoms with Gasteiger partial charge in [-0.15, -0.1) is 0 Å². The van der Waals surface area contributed by atoms with Gasteiger partial charge in [0.2, 0.25) is 0 Å². The van der Waals surface area contributed by atoms with Crippen molar-refractivity contribution in [2.45, 2.75) is 6.54 Å². The number of carbonyl (C=O) groups excluding carboxylic acids is 2. The van der Waals surface area contributed by atoms with Gasteiger partial charge in [0.1, 0.15) is 5.69 Å². The molecule has 1 N–H and O–H groups in total. The van der Waals surface area contributed by atoms with Gasteiger partial charge in [0.05, 0.1) is 5.56 Å². The summed E-state index contributed by atoms with van der Waals surface area (Å²) < 4.78 is 1.93. The van der Waals surface area contributed by atoms with E-state index < -0.39 is 0 Å². The summed E-state index contributed by atoms with van der Waals surface area (Å²) >= 11 is 0. The second-order valence-electron chi connectivity index (χ2n) is 6.66. The Labute approximate surface area is 174 Å². The monoisotopic (exact) mass is 396 g/mol. The van der Waals surface area contributed by atoms with Crippen LogP contribution in [0.25, 0.3) is 11.5 Å². The zero-order valence-corrected chi connectivity index (χ0v) is 16.2. The summed E-state index contributed by atoms with van der Waals surface area (Å²) in [6.07, 6.45) is 5.28. The van der Waals surface area contributed by atoms with Gasteiger partial charge in [-0.1, -0.05) is 54.6 Å². The van der Waals surface area contributed by atoms with Crippen LogP contribution in [0, 0.1) is 0 Å². The molecule has 0 aliphatic heterocycles. The molecule has 2 aromatic heterocycles. The van der Waals surface area contributed by atoms with Crippen LogP contribution < -0.4 is 5.32 Å². The van der Waals surface area contributed by atoms with Crippen LogP contribution >= 0.6 is 0 Å². The van der Waals surface area contributed by atoms with Crippen molar-refractivity contribution in [3.05, 3.63) is 108 Å². The van der Waals surface area contributed by atoms with Crippen molar-refractivity contribution >= 4 is 11.7 Å². The summed E-state index contributed by atoms with van der Waals surface area (Å²) in [6.45, 7) is 0.926. The zero-order valence-electron chi connectivity index (χ0n) is 16.2. The van der Waals surface area contributed by atoms with Crippen LogP contribution in [0.4, 0.5) is 0 Å².